The third kappa shape index (κ3) is 3.03. The third-order valence-corrected chi connectivity index (χ3v) is 3.56. The molecule has 1 atom stereocenters. The number of morpholine rings is 1. The Balaban J connectivity index is 2.29. The number of hydrogen-bond acceptors (Lipinski definition) is 5. The van der Waals surface area contributed by atoms with Gasteiger partial charge in [-0.15, -0.1) is 0 Å². The van der Waals surface area contributed by atoms with Crippen LogP contribution >= 0.6 is 0 Å². The number of cyclic esters (lactones) is 1. The van der Waals surface area contributed by atoms with Gasteiger partial charge < -0.3 is 9.84 Å². The van der Waals surface area contributed by atoms with Gasteiger partial charge in [0.05, 0.1) is 12.0 Å². The van der Waals surface area contributed by atoms with Gasteiger partial charge in [0, 0.05) is 17.7 Å². The summed E-state index contributed by atoms with van der Waals surface area (Å²) in [5, 5.41) is 22.4. The maximum atomic E-state index is 11.8. The molecule has 1 aromatic carbocycles. The Morgan fingerprint density at radius 1 is 1.38 bits per heavy atom. The van der Waals surface area contributed by atoms with E-state index in [-0.39, 0.29) is 28.2 Å². The molecule has 7 heteroatoms. The first-order valence-corrected chi connectivity index (χ1v) is 6.47. The van der Waals surface area contributed by atoms with E-state index >= 15 is 0 Å². The van der Waals surface area contributed by atoms with Crippen molar-refractivity contribution in [2.75, 3.05) is 20.2 Å². The van der Waals surface area contributed by atoms with E-state index in [1.807, 2.05) is 0 Å². The molecule has 0 aromatic heterocycles. The first kappa shape index (κ1) is 15.0. The topological polar surface area (TPSA) is 92.5 Å². The van der Waals surface area contributed by atoms with Crippen LogP contribution in [0.25, 0.3) is 0 Å². The van der Waals surface area contributed by atoms with Crippen molar-refractivity contribution in [1.82, 2.24) is 0 Å². The van der Waals surface area contributed by atoms with Crippen LogP contribution < -0.4 is 5.11 Å². The van der Waals surface area contributed by atoms with Gasteiger partial charge in [-0.05, 0) is 19.1 Å². The normalized spacial score (nSPS) is 24.4. The predicted octanol–water partition coefficient (Wildman–Crippen LogP) is 0.690. The van der Waals surface area contributed by atoms with Gasteiger partial charge in [-0.1, -0.05) is 5.76 Å². The summed E-state index contributed by atoms with van der Waals surface area (Å²) in [7, 11) is 1.79. The van der Waals surface area contributed by atoms with Gasteiger partial charge in [0.2, 0.25) is 5.70 Å². The van der Waals surface area contributed by atoms with Crippen LogP contribution in [0.3, 0.4) is 0 Å². The highest BCUT2D eigenvalue weighted by molar-refractivity contribution is 5.86. The number of allylic oxidation sites excluding steroid dienone is 1. The van der Waals surface area contributed by atoms with Crippen LogP contribution in [0.5, 0.6) is 0 Å². The summed E-state index contributed by atoms with van der Waals surface area (Å²) in [5.41, 5.74) is 0.936. The van der Waals surface area contributed by atoms with E-state index in [0.29, 0.717) is 13.1 Å². The first-order chi connectivity index (χ1) is 9.83. The first-order valence-electron chi connectivity index (χ1n) is 6.47. The Bertz CT molecular complexity index is 604. The van der Waals surface area contributed by atoms with Crippen molar-refractivity contribution in [3.8, 4) is 0 Å². The average molecular weight is 292 g/mol. The van der Waals surface area contributed by atoms with Crippen LogP contribution in [-0.4, -0.2) is 35.6 Å². The van der Waals surface area contributed by atoms with Crippen molar-refractivity contribution in [3.05, 3.63) is 51.4 Å². The van der Waals surface area contributed by atoms with Crippen molar-refractivity contribution in [2.24, 2.45) is 0 Å². The molecule has 112 valence electrons. The number of esters is 1. The van der Waals surface area contributed by atoms with Crippen LogP contribution in [0, 0.1) is 10.1 Å². The van der Waals surface area contributed by atoms with Crippen LogP contribution in [-0.2, 0) is 16.1 Å². The Morgan fingerprint density at radius 2 is 2.00 bits per heavy atom. The maximum Gasteiger partial charge on any atom is 0.392 e. The number of non-ortho nitro benzene ring substituents is 1. The Hall–Kier alpha value is -2.41. The monoisotopic (exact) mass is 292 g/mol. The number of quaternary nitrogens is 1. The molecule has 0 bridgehead atoms. The van der Waals surface area contributed by atoms with Gasteiger partial charge in [-0.3, -0.25) is 14.6 Å². The summed E-state index contributed by atoms with van der Waals surface area (Å²) >= 11 is 0. The lowest BCUT2D eigenvalue weighted by atomic mass is 10.1. The number of carbonyl (C=O) groups excluding carboxylic acids is 1. The number of nitrogens with zero attached hydrogens (tertiary/aromatic N) is 2. The molecule has 1 saturated heterocycles. The highest BCUT2D eigenvalue weighted by Gasteiger charge is 2.38. The van der Waals surface area contributed by atoms with Gasteiger partial charge in [0.25, 0.3) is 5.69 Å². The highest BCUT2D eigenvalue weighted by Crippen LogP contribution is 2.26. The molecule has 1 unspecified atom stereocenters. The van der Waals surface area contributed by atoms with Crippen molar-refractivity contribution in [2.45, 2.75) is 13.5 Å². The lowest BCUT2D eigenvalue weighted by Gasteiger charge is -2.39. The zero-order valence-corrected chi connectivity index (χ0v) is 11.9. The number of rotatable bonds is 3. The van der Waals surface area contributed by atoms with Crippen molar-refractivity contribution in [1.29, 1.82) is 0 Å². The number of carbonyl (C=O) groups is 1. The van der Waals surface area contributed by atoms with E-state index in [9.17, 15) is 20.0 Å². The minimum Gasteiger partial charge on any atom is -0.871 e. The Labute approximate surface area is 121 Å². The van der Waals surface area contributed by atoms with Crippen LogP contribution in [0.1, 0.15) is 12.5 Å². The van der Waals surface area contributed by atoms with Crippen LogP contribution in [0.4, 0.5) is 5.69 Å². The number of ether oxygens (including phenoxy) is 1. The zero-order chi connectivity index (χ0) is 15.6. The van der Waals surface area contributed by atoms with E-state index in [1.54, 1.807) is 19.2 Å². The van der Waals surface area contributed by atoms with E-state index < -0.39 is 10.9 Å². The fourth-order valence-electron chi connectivity index (χ4n) is 2.55. The van der Waals surface area contributed by atoms with Crippen LogP contribution in [0.2, 0.25) is 0 Å². The number of likely N-dealkylation sites (N-methyl/N-ethyl adjacent to an activating group) is 1. The van der Waals surface area contributed by atoms with E-state index in [4.69, 9.17) is 4.74 Å². The van der Waals surface area contributed by atoms with Gasteiger partial charge in [-0.2, -0.15) is 0 Å². The Morgan fingerprint density at radius 3 is 2.52 bits per heavy atom. The number of nitro benzene ring substituents is 1. The Kier molecular flexibility index (Phi) is 3.95. The van der Waals surface area contributed by atoms with Gasteiger partial charge in [0.1, 0.15) is 19.7 Å². The molecule has 0 radical (unpaired) electrons. The molecule has 1 aliphatic rings. The smallest absolute Gasteiger partial charge is 0.392 e. The summed E-state index contributed by atoms with van der Waals surface area (Å²) in [6.45, 7) is 2.49. The van der Waals surface area contributed by atoms with Crippen molar-refractivity contribution >= 4 is 11.7 Å². The summed E-state index contributed by atoms with van der Waals surface area (Å²) in [6, 6.07) is 6.10. The minimum atomic E-state index is -0.585. The molecule has 0 N–H and O–H groups in total. The van der Waals surface area contributed by atoms with Crippen molar-refractivity contribution < 1.29 is 24.0 Å². The van der Waals surface area contributed by atoms with Gasteiger partial charge >= 0.3 is 5.97 Å². The second-order valence-corrected chi connectivity index (χ2v) is 5.24. The second-order valence-electron chi connectivity index (χ2n) is 5.24. The second kappa shape index (κ2) is 5.53. The molecular formula is C14H16N2O5. The van der Waals surface area contributed by atoms with Crippen LogP contribution in [0.15, 0.2) is 35.7 Å². The van der Waals surface area contributed by atoms with Gasteiger partial charge in [-0.25, -0.2) is 4.79 Å². The predicted molar refractivity (Wildman–Crippen MR) is 71.5 cm³/mol. The van der Waals surface area contributed by atoms with E-state index in [2.05, 4.69) is 0 Å². The molecule has 0 amide bonds. The molecular weight excluding hydrogens is 276 g/mol. The zero-order valence-electron chi connectivity index (χ0n) is 11.9. The highest BCUT2D eigenvalue weighted by atomic mass is 16.6. The van der Waals surface area contributed by atoms with Crippen molar-refractivity contribution in [3.63, 3.8) is 0 Å². The molecule has 2 rings (SSSR count). The molecule has 7 nitrogen and oxygen atoms in total. The molecule has 21 heavy (non-hydrogen) atoms. The number of hydrogen-bond donors (Lipinski definition) is 0. The fraction of sp³-hybridized carbons (Fsp3) is 0.357. The lowest BCUT2D eigenvalue weighted by molar-refractivity contribution is -0.888. The lowest BCUT2D eigenvalue weighted by Crippen LogP contribution is -2.52. The molecule has 0 aliphatic carbocycles. The standard InChI is InChI=1S/C14H16N2O5/c1-10(17)13-14(18)21-8-7-16(13,2)9-11-3-5-12(6-4-11)15(19)20/h3-6H,7-9H2,1-2H3. The molecule has 1 fully saturated rings. The summed E-state index contributed by atoms with van der Waals surface area (Å²) in [6.07, 6.45) is 0. The van der Waals surface area contributed by atoms with Gasteiger partial charge in [0.15, 0.2) is 0 Å². The summed E-state index contributed by atoms with van der Waals surface area (Å²) in [5.74, 6) is -0.901. The number of nitro groups is 1. The quantitative estimate of drug-likeness (QED) is 0.204. The van der Waals surface area contributed by atoms with E-state index in [0.717, 1.165) is 5.56 Å². The SMILES string of the molecule is C/C([O-])=C1\C(=O)OCC[N+]1(C)Cc1ccc([N+](=O)[O-])cc1. The van der Waals surface area contributed by atoms with E-state index in [1.165, 1.54) is 19.1 Å². The minimum absolute atomic E-state index is 0.00947. The molecule has 0 saturated carbocycles. The molecule has 1 heterocycles. The largest absolute Gasteiger partial charge is 0.871 e. The fourth-order valence-corrected chi connectivity index (χ4v) is 2.55. The molecule has 0 spiro atoms. The molecule has 1 aromatic rings. The number of benzene rings is 1. The molecule has 1 aliphatic heterocycles. The maximum absolute atomic E-state index is 11.8. The summed E-state index contributed by atoms with van der Waals surface area (Å²) in [4.78, 5) is 22.0. The summed E-state index contributed by atoms with van der Waals surface area (Å²) < 4.78 is 5.08. The third-order valence-electron chi connectivity index (χ3n) is 3.56. The average Bonchev–Trinajstić information content (AvgIpc) is 2.38.